The molecule has 6 nitrogen and oxygen atoms in total. The number of carbonyl (C=O) groups excluding carboxylic acids is 1. The second-order valence-corrected chi connectivity index (χ2v) is 8.64. The first-order chi connectivity index (χ1) is 12.4. The van der Waals surface area contributed by atoms with Crippen LogP contribution in [0.25, 0.3) is 0 Å². The Balaban J connectivity index is 1.71. The zero-order chi connectivity index (χ0) is 18.7. The molecule has 1 aliphatic rings. The molecule has 26 heavy (non-hydrogen) atoms. The minimum atomic E-state index is -3.50. The number of piperazine rings is 1. The minimum Gasteiger partial charge on any atom is -0.335 e. The number of quaternary nitrogens is 1. The first kappa shape index (κ1) is 18.6. The molecule has 2 N–H and O–H groups in total. The Morgan fingerprint density at radius 3 is 2.15 bits per heavy atom. The van der Waals surface area contributed by atoms with E-state index in [9.17, 15) is 13.2 Å². The molecule has 1 heterocycles. The zero-order valence-electron chi connectivity index (χ0n) is 15.0. The van der Waals surface area contributed by atoms with E-state index in [1.807, 2.05) is 31.2 Å². The monoisotopic (exact) mass is 374 g/mol. The lowest BCUT2D eigenvalue weighted by atomic mass is 10.2. The van der Waals surface area contributed by atoms with Crippen molar-refractivity contribution in [3.8, 4) is 0 Å². The van der Waals surface area contributed by atoms with Gasteiger partial charge in [-0.15, -0.1) is 0 Å². The molecule has 138 valence electrons. The number of aryl methyl sites for hydroxylation is 1. The van der Waals surface area contributed by atoms with Crippen LogP contribution in [0.5, 0.6) is 0 Å². The number of benzene rings is 2. The third-order valence-corrected chi connectivity index (χ3v) is 6.55. The Bertz CT molecular complexity index is 869. The second kappa shape index (κ2) is 7.57. The Morgan fingerprint density at radius 1 is 1.00 bits per heavy atom. The number of sulfonamides is 1. The molecule has 0 aromatic heterocycles. The summed E-state index contributed by atoms with van der Waals surface area (Å²) in [7, 11) is -1.44. The molecule has 2 aromatic rings. The highest BCUT2D eigenvalue weighted by Crippen LogP contribution is 2.17. The van der Waals surface area contributed by atoms with Gasteiger partial charge in [-0.3, -0.25) is 4.79 Å². The molecule has 1 amide bonds. The molecule has 2 aromatic carbocycles. The molecule has 3 rings (SSSR count). The van der Waals surface area contributed by atoms with E-state index in [1.165, 1.54) is 21.3 Å². The summed E-state index contributed by atoms with van der Waals surface area (Å²) in [6.45, 7) is 4.62. The van der Waals surface area contributed by atoms with Crippen LogP contribution in [-0.4, -0.2) is 51.9 Å². The van der Waals surface area contributed by atoms with E-state index in [0.29, 0.717) is 24.3 Å². The molecule has 1 aliphatic heterocycles. The summed E-state index contributed by atoms with van der Waals surface area (Å²) in [5.41, 5.74) is 2.24. The maximum atomic E-state index is 12.7. The van der Waals surface area contributed by atoms with Gasteiger partial charge in [-0.2, -0.15) is 4.31 Å². The molecule has 0 aliphatic carbocycles. The Morgan fingerprint density at radius 2 is 1.58 bits per heavy atom. The maximum absolute atomic E-state index is 12.7. The number of nitrogens with zero attached hydrogens (tertiary/aromatic N) is 1. The van der Waals surface area contributed by atoms with E-state index in [2.05, 4.69) is 12.4 Å². The van der Waals surface area contributed by atoms with E-state index in [0.717, 1.165) is 18.7 Å². The Hall–Kier alpha value is -2.22. The van der Waals surface area contributed by atoms with Crippen molar-refractivity contribution in [3.05, 3.63) is 59.7 Å². The Kier molecular flexibility index (Phi) is 5.41. The van der Waals surface area contributed by atoms with Crippen molar-refractivity contribution in [1.82, 2.24) is 4.31 Å². The van der Waals surface area contributed by atoms with Crippen molar-refractivity contribution in [3.63, 3.8) is 0 Å². The predicted molar refractivity (Wildman–Crippen MR) is 101 cm³/mol. The van der Waals surface area contributed by atoms with E-state index in [4.69, 9.17) is 0 Å². The fourth-order valence-corrected chi connectivity index (χ4v) is 4.32. The number of rotatable bonds is 4. The zero-order valence-corrected chi connectivity index (χ0v) is 15.8. The smallest absolute Gasteiger partial charge is 0.255 e. The molecule has 0 atom stereocenters. The number of hydrogen-bond acceptors (Lipinski definition) is 3. The summed E-state index contributed by atoms with van der Waals surface area (Å²) in [6.07, 6.45) is 0. The lowest BCUT2D eigenvalue weighted by Crippen LogP contribution is -3.12. The van der Waals surface area contributed by atoms with Gasteiger partial charge in [-0.25, -0.2) is 8.42 Å². The number of likely N-dealkylation sites (N-methyl/N-ethyl adjacent to an activating group) is 1. The lowest BCUT2D eigenvalue weighted by Gasteiger charge is -2.29. The number of hydrogen-bond donors (Lipinski definition) is 2. The highest BCUT2D eigenvalue weighted by Gasteiger charge is 2.29. The number of nitrogens with one attached hydrogen (secondary N) is 2. The van der Waals surface area contributed by atoms with Crippen molar-refractivity contribution >= 4 is 21.6 Å². The lowest BCUT2D eigenvalue weighted by molar-refractivity contribution is -0.883. The fraction of sp³-hybridized carbons (Fsp3) is 0.316. The quantitative estimate of drug-likeness (QED) is 0.830. The van der Waals surface area contributed by atoms with E-state index in [-0.39, 0.29) is 10.8 Å². The van der Waals surface area contributed by atoms with Crippen LogP contribution in [0, 0.1) is 6.92 Å². The summed E-state index contributed by atoms with van der Waals surface area (Å²) >= 11 is 0. The van der Waals surface area contributed by atoms with Crippen LogP contribution in [-0.2, 0) is 10.0 Å². The highest BCUT2D eigenvalue weighted by molar-refractivity contribution is 7.89. The van der Waals surface area contributed by atoms with E-state index < -0.39 is 10.0 Å². The molecule has 0 spiro atoms. The van der Waals surface area contributed by atoms with Crippen LogP contribution in [0.15, 0.2) is 53.4 Å². The van der Waals surface area contributed by atoms with Gasteiger partial charge in [0.2, 0.25) is 10.0 Å². The molecule has 0 bridgehead atoms. The van der Waals surface area contributed by atoms with Crippen molar-refractivity contribution in [1.29, 1.82) is 0 Å². The van der Waals surface area contributed by atoms with E-state index >= 15 is 0 Å². The van der Waals surface area contributed by atoms with Gasteiger partial charge in [0.25, 0.3) is 5.91 Å². The molecule has 7 heteroatoms. The molecular formula is C19H24N3O3S+. The van der Waals surface area contributed by atoms with Gasteiger partial charge < -0.3 is 10.2 Å². The third-order valence-electron chi connectivity index (χ3n) is 4.64. The molecule has 1 saturated heterocycles. The minimum absolute atomic E-state index is 0.226. The summed E-state index contributed by atoms with van der Waals surface area (Å²) in [5.74, 6) is -0.263. The summed E-state index contributed by atoms with van der Waals surface area (Å²) in [6, 6.07) is 13.6. The van der Waals surface area contributed by atoms with Gasteiger partial charge in [0.15, 0.2) is 0 Å². The van der Waals surface area contributed by atoms with Crippen LogP contribution in [0.2, 0.25) is 0 Å². The van der Waals surface area contributed by atoms with Gasteiger partial charge in [-0.05, 0) is 43.3 Å². The SMILES string of the molecule is Cc1ccc(NC(=O)c2ccc(S(=O)(=O)N3CC[NH+](C)CC3)cc2)cc1. The van der Waals surface area contributed by atoms with Crippen molar-refractivity contribution in [2.45, 2.75) is 11.8 Å². The first-order valence-electron chi connectivity index (χ1n) is 8.66. The maximum Gasteiger partial charge on any atom is 0.255 e. The van der Waals surface area contributed by atoms with Gasteiger partial charge in [0.05, 0.1) is 38.1 Å². The third kappa shape index (κ3) is 4.12. The van der Waals surface area contributed by atoms with Crippen LogP contribution in [0.4, 0.5) is 5.69 Å². The van der Waals surface area contributed by atoms with Crippen LogP contribution in [0.1, 0.15) is 15.9 Å². The highest BCUT2D eigenvalue weighted by atomic mass is 32.2. The van der Waals surface area contributed by atoms with Gasteiger partial charge in [0.1, 0.15) is 0 Å². The topological polar surface area (TPSA) is 70.9 Å². The first-order valence-corrected chi connectivity index (χ1v) is 10.1. The summed E-state index contributed by atoms with van der Waals surface area (Å²) in [4.78, 5) is 13.9. The van der Waals surface area contributed by atoms with Crippen LogP contribution < -0.4 is 10.2 Å². The number of anilines is 1. The molecule has 0 radical (unpaired) electrons. The largest absolute Gasteiger partial charge is 0.335 e. The van der Waals surface area contributed by atoms with E-state index in [1.54, 1.807) is 12.1 Å². The Labute approximate surface area is 154 Å². The van der Waals surface area contributed by atoms with Crippen LogP contribution in [0.3, 0.4) is 0 Å². The fourth-order valence-electron chi connectivity index (χ4n) is 2.88. The van der Waals surface area contributed by atoms with Crippen molar-refractivity contribution < 1.29 is 18.1 Å². The number of amides is 1. The molecular weight excluding hydrogens is 350 g/mol. The van der Waals surface area contributed by atoms with Gasteiger partial charge in [-0.1, -0.05) is 17.7 Å². The predicted octanol–water partition coefficient (Wildman–Crippen LogP) is 0.766. The van der Waals surface area contributed by atoms with Crippen molar-refractivity contribution in [2.75, 3.05) is 38.5 Å². The van der Waals surface area contributed by atoms with Crippen molar-refractivity contribution in [2.24, 2.45) is 0 Å². The normalized spacial score (nSPS) is 16.4. The van der Waals surface area contributed by atoms with Gasteiger partial charge >= 0.3 is 0 Å². The standard InChI is InChI=1S/C19H23N3O3S/c1-15-3-7-17(8-4-15)20-19(23)16-5-9-18(10-6-16)26(24,25)22-13-11-21(2)12-14-22/h3-10H,11-14H2,1-2H3,(H,20,23)/p+1. The molecule has 1 fully saturated rings. The molecule has 0 saturated carbocycles. The summed E-state index contributed by atoms with van der Waals surface area (Å²) < 4.78 is 26.9. The number of carbonyl (C=O) groups is 1. The average molecular weight is 374 g/mol. The second-order valence-electron chi connectivity index (χ2n) is 6.71. The van der Waals surface area contributed by atoms with Crippen LogP contribution >= 0.6 is 0 Å². The van der Waals surface area contributed by atoms with Gasteiger partial charge in [0, 0.05) is 11.3 Å². The summed E-state index contributed by atoms with van der Waals surface area (Å²) in [5, 5.41) is 2.81. The average Bonchev–Trinajstić information content (AvgIpc) is 2.64. The molecule has 0 unspecified atom stereocenters.